The molecule has 0 unspecified atom stereocenters. The monoisotopic (exact) mass is 362 g/mol. The number of aliphatic hydroxyl groups excluding tert-OH is 1. The lowest BCUT2D eigenvalue weighted by molar-refractivity contribution is 0.170. The number of rotatable bonds is 9. The first kappa shape index (κ1) is 19.7. The van der Waals surface area contributed by atoms with Gasteiger partial charge in [-0.2, -0.15) is 0 Å². The molecule has 5 heteroatoms. The van der Waals surface area contributed by atoms with Gasteiger partial charge < -0.3 is 15.2 Å². The molecular weight excluding hydrogens is 336 g/mol. The molecule has 0 aromatic heterocycles. The van der Waals surface area contributed by atoms with Crippen molar-refractivity contribution >= 4 is 11.6 Å². The predicted octanol–water partition coefficient (Wildman–Crippen LogP) is 3.49. The average Bonchev–Trinajstić information content (AvgIpc) is 2.59. The Morgan fingerprint density at radius 3 is 2.52 bits per heavy atom. The fourth-order valence-corrected chi connectivity index (χ4v) is 2.69. The van der Waals surface area contributed by atoms with Gasteiger partial charge in [0.2, 0.25) is 0 Å². The van der Waals surface area contributed by atoms with Crippen molar-refractivity contribution in [2.45, 2.75) is 25.5 Å². The summed E-state index contributed by atoms with van der Waals surface area (Å²) in [4.78, 5) is 1.98. The number of aliphatic hydroxyl groups is 1. The van der Waals surface area contributed by atoms with Crippen LogP contribution in [0.2, 0.25) is 5.02 Å². The molecule has 0 saturated heterocycles. The molecule has 0 amide bonds. The smallest absolute Gasteiger partial charge is 0.141 e. The van der Waals surface area contributed by atoms with Crippen LogP contribution in [0.3, 0.4) is 0 Å². The van der Waals surface area contributed by atoms with Crippen molar-refractivity contribution in [2.24, 2.45) is 0 Å². The lowest BCUT2D eigenvalue weighted by Gasteiger charge is -2.18. The molecule has 2 aromatic carbocycles. The van der Waals surface area contributed by atoms with Crippen molar-refractivity contribution in [3.63, 3.8) is 0 Å². The maximum atomic E-state index is 10.3. The van der Waals surface area contributed by atoms with Crippen LogP contribution in [-0.2, 0) is 6.42 Å². The number of hydrogen-bond donors (Lipinski definition) is 2. The highest BCUT2D eigenvalue weighted by molar-refractivity contribution is 6.30. The average molecular weight is 363 g/mol. The van der Waals surface area contributed by atoms with E-state index < -0.39 is 6.10 Å². The SMILES string of the molecule is C[C@H](Cc1ccc(OCN(C)C)cc1)NC[C@H](O)c1cccc(Cl)c1. The normalized spacial score (nSPS) is 13.7. The summed E-state index contributed by atoms with van der Waals surface area (Å²) >= 11 is 5.97. The molecule has 0 spiro atoms. The third-order valence-corrected chi connectivity index (χ3v) is 4.08. The van der Waals surface area contributed by atoms with E-state index in [9.17, 15) is 5.11 Å². The lowest BCUT2D eigenvalue weighted by atomic mass is 10.1. The number of ether oxygens (including phenoxy) is 1. The topological polar surface area (TPSA) is 44.7 Å². The van der Waals surface area contributed by atoms with Crippen molar-refractivity contribution in [1.82, 2.24) is 10.2 Å². The van der Waals surface area contributed by atoms with Crippen LogP contribution in [0.5, 0.6) is 5.75 Å². The zero-order valence-corrected chi connectivity index (χ0v) is 15.8. The highest BCUT2D eigenvalue weighted by atomic mass is 35.5. The highest BCUT2D eigenvalue weighted by Crippen LogP contribution is 2.18. The molecule has 2 atom stereocenters. The van der Waals surface area contributed by atoms with Crippen LogP contribution in [-0.4, -0.2) is 43.4 Å². The number of nitrogens with zero attached hydrogens (tertiary/aromatic N) is 1. The first-order valence-corrected chi connectivity index (χ1v) is 8.85. The van der Waals surface area contributed by atoms with Gasteiger partial charge >= 0.3 is 0 Å². The molecule has 2 N–H and O–H groups in total. The van der Waals surface area contributed by atoms with Gasteiger partial charge in [-0.3, -0.25) is 4.90 Å². The number of halogens is 1. The van der Waals surface area contributed by atoms with E-state index in [1.54, 1.807) is 12.1 Å². The Morgan fingerprint density at radius 1 is 1.16 bits per heavy atom. The predicted molar refractivity (Wildman–Crippen MR) is 103 cm³/mol. The van der Waals surface area contributed by atoms with E-state index in [-0.39, 0.29) is 6.04 Å². The highest BCUT2D eigenvalue weighted by Gasteiger charge is 2.10. The molecule has 0 aliphatic heterocycles. The van der Waals surface area contributed by atoms with Crippen LogP contribution in [0.15, 0.2) is 48.5 Å². The van der Waals surface area contributed by atoms with Crippen molar-refractivity contribution in [3.8, 4) is 5.75 Å². The van der Waals surface area contributed by atoms with E-state index in [4.69, 9.17) is 16.3 Å². The quantitative estimate of drug-likeness (QED) is 0.670. The summed E-state index contributed by atoms with van der Waals surface area (Å²) in [6.45, 7) is 3.17. The molecule has 0 saturated carbocycles. The summed E-state index contributed by atoms with van der Waals surface area (Å²) in [5.74, 6) is 0.870. The van der Waals surface area contributed by atoms with Gasteiger partial charge in [-0.25, -0.2) is 0 Å². The van der Waals surface area contributed by atoms with E-state index in [1.807, 2.05) is 43.3 Å². The number of benzene rings is 2. The van der Waals surface area contributed by atoms with E-state index >= 15 is 0 Å². The van der Waals surface area contributed by atoms with Gasteiger partial charge in [0.1, 0.15) is 12.5 Å². The third kappa shape index (κ3) is 7.04. The van der Waals surface area contributed by atoms with Gasteiger partial charge in [-0.05, 0) is 62.8 Å². The summed E-state index contributed by atoms with van der Waals surface area (Å²) in [5, 5.41) is 14.3. The van der Waals surface area contributed by atoms with E-state index in [1.165, 1.54) is 5.56 Å². The largest absolute Gasteiger partial charge is 0.478 e. The molecule has 0 fully saturated rings. The van der Waals surface area contributed by atoms with Crippen LogP contribution < -0.4 is 10.1 Å². The van der Waals surface area contributed by atoms with E-state index in [0.29, 0.717) is 18.3 Å². The second-order valence-electron chi connectivity index (χ2n) is 6.58. The summed E-state index contributed by atoms with van der Waals surface area (Å²) in [5.41, 5.74) is 2.06. The van der Waals surface area contributed by atoms with Gasteiger partial charge in [0.25, 0.3) is 0 Å². The Bertz CT molecular complexity index is 646. The molecule has 0 bridgehead atoms. The number of hydrogen-bond acceptors (Lipinski definition) is 4. The Balaban J connectivity index is 1.78. The van der Waals surface area contributed by atoms with Gasteiger partial charge in [-0.1, -0.05) is 35.9 Å². The van der Waals surface area contributed by atoms with E-state index in [0.717, 1.165) is 17.7 Å². The molecule has 136 valence electrons. The first-order chi connectivity index (χ1) is 11.9. The lowest BCUT2D eigenvalue weighted by Crippen LogP contribution is -2.32. The second kappa shape index (κ2) is 9.78. The first-order valence-electron chi connectivity index (χ1n) is 8.47. The summed E-state index contributed by atoms with van der Waals surface area (Å²) < 4.78 is 5.63. The maximum Gasteiger partial charge on any atom is 0.141 e. The molecule has 0 aliphatic rings. The molecule has 25 heavy (non-hydrogen) atoms. The Kier molecular flexibility index (Phi) is 7.72. The minimum absolute atomic E-state index is 0.252. The second-order valence-corrected chi connectivity index (χ2v) is 7.02. The van der Waals surface area contributed by atoms with Gasteiger partial charge in [0.05, 0.1) is 6.10 Å². The fourth-order valence-electron chi connectivity index (χ4n) is 2.50. The maximum absolute atomic E-state index is 10.3. The van der Waals surface area contributed by atoms with Crippen LogP contribution in [0.4, 0.5) is 0 Å². The minimum Gasteiger partial charge on any atom is -0.478 e. The van der Waals surface area contributed by atoms with Crippen molar-refractivity contribution in [3.05, 3.63) is 64.7 Å². The molecule has 2 aromatic rings. The Morgan fingerprint density at radius 2 is 1.88 bits per heavy atom. The van der Waals surface area contributed by atoms with Crippen molar-refractivity contribution in [1.29, 1.82) is 0 Å². The molecule has 4 nitrogen and oxygen atoms in total. The van der Waals surface area contributed by atoms with Crippen LogP contribution in [0.1, 0.15) is 24.2 Å². The Hall–Kier alpha value is -1.59. The van der Waals surface area contributed by atoms with Crippen molar-refractivity contribution < 1.29 is 9.84 Å². The van der Waals surface area contributed by atoms with Crippen LogP contribution in [0, 0.1) is 0 Å². The standard InChI is InChI=1S/C20H27ClN2O2/c1-15(22-13-20(24)17-5-4-6-18(21)12-17)11-16-7-9-19(10-8-16)25-14-23(2)3/h4-10,12,15,20,22,24H,11,13-14H2,1-3H3/t15-,20+/m1/s1. The van der Waals surface area contributed by atoms with Gasteiger partial charge in [-0.15, -0.1) is 0 Å². The van der Waals surface area contributed by atoms with E-state index in [2.05, 4.69) is 24.4 Å². The summed E-state index contributed by atoms with van der Waals surface area (Å²) in [6.07, 6.45) is 0.318. The van der Waals surface area contributed by atoms with Gasteiger partial charge in [0, 0.05) is 17.6 Å². The molecular formula is C20H27ClN2O2. The summed E-state index contributed by atoms with van der Waals surface area (Å²) in [6, 6.07) is 15.7. The zero-order chi connectivity index (χ0) is 18.2. The Labute approximate surface area is 155 Å². The van der Waals surface area contributed by atoms with Crippen molar-refractivity contribution in [2.75, 3.05) is 27.4 Å². The fraction of sp³-hybridized carbons (Fsp3) is 0.400. The number of nitrogens with one attached hydrogen (secondary N) is 1. The molecule has 0 aliphatic carbocycles. The molecule has 2 rings (SSSR count). The third-order valence-electron chi connectivity index (χ3n) is 3.85. The van der Waals surface area contributed by atoms with Gasteiger partial charge in [0.15, 0.2) is 0 Å². The molecule has 0 heterocycles. The minimum atomic E-state index is -0.567. The van der Waals surface area contributed by atoms with Crippen LogP contribution >= 0.6 is 11.6 Å². The van der Waals surface area contributed by atoms with Crippen LogP contribution in [0.25, 0.3) is 0 Å². The molecule has 0 radical (unpaired) electrons. The summed E-state index contributed by atoms with van der Waals surface area (Å²) in [7, 11) is 3.94. The zero-order valence-electron chi connectivity index (χ0n) is 15.1.